The summed E-state index contributed by atoms with van der Waals surface area (Å²) in [5, 5.41) is 0. The molecule has 0 aromatic carbocycles. The zero-order valence-electron chi connectivity index (χ0n) is 5.02. The lowest BCUT2D eigenvalue weighted by atomic mass is 9.92. The van der Waals surface area contributed by atoms with E-state index < -0.39 is 0 Å². The average molecular weight is 98.2 g/mol. The van der Waals surface area contributed by atoms with E-state index in [-0.39, 0.29) is 0 Å². The summed E-state index contributed by atoms with van der Waals surface area (Å²) < 4.78 is 0. The van der Waals surface area contributed by atoms with Gasteiger partial charge in [-0.05, 0) is 33.4 Å². The van der Waals surface area contributed by atoms with Crippen molar-refractivity contribution in [2.75, 3.05) is 14.1 Å². The minimum absolute atomic E-state index is 0.861. The molecule has 1 saturated carbocycles. The molecule has 0 N–H and O–H groups in total. The fourth-order valence-corrected chi connectivity index (χ4v) is 0.737. The zero-order valence-corrected chi connectivity index (χ0v) is 5.02. The van der Waals surface area contributed by atoms with Gasteiger partial charge < -0.3 is 4.90 Å². The van der Waals surface area contributed by atoms with Crippen LogP contribution in [-0.2, 0) is 0 Å². The number of rotatable bonds is 1. The third kappa shape index (κ3) is 0.942. The van der Waals surface area contributed by atoms with Crippen molar-refractivity contribution in [3.63, 3.8) is 0 Å². The second-order valence-electron chi connectivity index (χ2n) is 2.38. The minimum atomic E-state index is 0.861. The van der Waals surface area contributed by atoms with Gasteiger partial charge in [0.05, 0.1) is 0 Å². The van der Waals surface area contributed by atoms with Gasteiger partial charge in [0.2, 0.25) is 0 Å². The largest absolute Gasteiger partial charge is 0.306 e. The summed E-state index contributed by atoms with van der Waals surface area (Å²) >= 11 is 0. The van der Waals surface area contributed by atoms with E-state index in [0.717, 1.165) is 6.04 Å². The summed E-state index contributed by atoms with van der Waals surface area (Å²) in [4.78, 5) is 2.28. The molecule has 1 rings (SSSR count). The Morgan fingerprint density at radius 3 is 2.00 bits per heavy atom. The zero-order chi connectivity index (χ0) is 5.28. The third-order valence-corrected chi connectivity index (χ3v) is 1.61. The number of hydrogen-bond acceptors (Lipinski definition) is 1. The Morgan fingerprint density at radius 2 is 2.00 bits per heavy atom. The minimum Gasteiger partial charge on any atom is -0.306 e. The maximum Gasteiger partial charge on any atom is 0.00946 e. The number of hydrogen-bond donors (Lipinski definition) is 0. The Morgan fingerprint density at radius 1 is 1.43 bits per heavy atom. The first-order chi connectivity index (χ1) is 3.30. The highest BCUT2D eigenvalue weighted by Crippen LogP contribution is 2.20. The van der Waals surface area contributed by atoms with Gasteiger partial charge in [-0.15, -0.1) is 0 Å². The molecule has 1 aliphatic carbocycles. The summed E-state index contributed by atoms with van der Waals surface area (Å²) in [5.41, 5.74) is 0. The molecule has 0 saturated heterocycles. The maximum atomic E-state index is 2.32. The Hall–Kier alpha value is -0.0400. The van der Waals surface area contributed by atoms with Crippen LogP contribution in [0.3, 0.4) is 0 Å². The molecule has 0 aliphatic heterocycles. The first kappa shape index (κ1) is 5.10. The molecule has 0 heterocycles. The molecular formula is C6H12N. The van der Waals surface area contributed by atoms with Crippen LogP contribution in [0.2, 0.25) is 0 Å². The predicted octanol–water partition coefficient (Wildman–Crippen LogP) is 0.915. The van der Waals surface area contributed by atoms with E-state index in [0.29, 0.717) is 0 Å². The second kappa shape index (κ2) is 1.83. The van der Waals surface area contributed by atoms with E-state index in [1.807, 2.05) is 0 Å². The van der Waals surface area contributed by atoms with Crippen LogP contribution in [0.15, 0.2) is 0 Å². The van der Waals surface area contributed by atoms with Crippen LogP contribution in [-0.4, -0.2) is 25.0 Å². The fourth-order valence-electron chi connectivity index (χ4n) is 0.737. The molecule has 1 fully saturated rings. The molecule has 7 heavy (non-hydrogen) atoms. The van der Waals surface area contributed by atoms with Crippen LogP contribution in [0.5, 0.6) is 0 Å². The van der Waals surface area contributed by atoms with Gasteiger partial charge in [0.1, 0.15) is 0 Å². The lowest BCUT2D eigenvalue weighted by Crippen LogP contribution is -2.34. The highest BCUT2D eigenvalue weighted by Gasteiger charge is 2.18. The van der Waals surface area contributed by atoms with E-state index in [4.69, 9.17) is 0 Å². The summed E-state index contributed by atoms with van der Waals surface area (Å²) in [6.07, 6.45) is 4.92. The van der Waals surface area contributed by atoms with Gasteiger partial charge in [-0.2, -0.15) is 0 Å². The van der Waals surface area contributed by atoms with Crippen molar-refractivity contribution < 1.29 is 0 Å². The molecule has 0 aromatic rings. The fraction of sp³-hybridized carbons (Fsp3) is 0.833. The molecular weight excluding hydrogens is 86.1 g/mol. The van der Waals surface area contributed by atoms with Crippen LogP contribution >= 0.6 is 0 Å². The van der Waals surface area contributed by atoms with Gasteiger partial charge in [0.15, 0.2) is 0 Å². The van der Waals surface area contributed by atoms with Gasteiger partial charge >= 0.3 is 0 Å². The van der Waals surface area contributed by atoms with Crippen LogP contribution in [0.4, 0.5) is 0 Å². The van der Waals surface area contributed by atoms with E-state index in [9.17, 15) is 0 Å². The Labute approximate surface area is 45.3 Å². The molecule has 41 valence electrons. The molecule has 1 radical (unpaired) electrons. The van der Waals surface area contributed by atoms with Gasteiger partial charge in [-0.3, -0.25) is 0 Å². The van der Waals surface area contributed by atoms with Gasteiger partial charge in [0.25, 0.3) is 0 Å². The van der Waals surface area contributed by atoms with Gasteiger partial charge in [-0.1, -0.05) is 0 Å². The Kier molecular flexibility index (Phi) is 1.33. The smallest absolute Gasteiger partial charge is 0.00946 e. The van der Waals surface area contributed by atoms with Crippen molar-refractivity contribution in [2.24, 2.45) is 0 Å². The molecule has 1 nitrogen and oxygen atoms in total. The highest BCUT2D eigenvalue weighted by molar-refractivity contribution is 4.90. The number of nitrogens with zero attached hydrogens (tertiary/aromatic N) is 1. The third-order valence-electron chi connectivity index (χ3n) is 1.61. The summed E-state index contributed by atoms with van der Waals surface area (Å²) in [6.45, 7) is 0. The summed E-state index contributed by atoms with van der Waals surface area (Å²) in [5.74, 6) is 0. The van der Waals surface area contributed by atoms with Crippen LogP contribution in [0, 0.1) is 6.42 Å². The molecule has 0 aromatic heterocycles. The summed E-state index contributed by atoms with van der Waals surface area (Å²) in [7, 11) is 4.27. The van der Waals surface area contributed by atoms with Crippen LogP contribution < -0.4 is 0 Å². The van der Waals surface area contributed by atoms with Crippen molar-refractivity contribution in [3.05, 3.63) is 6.42 Å². The molecule has 1 aliphatic rings. The SMILES string of the molecule is CN(C)C1C[CH]C1. The normalized spacial score (nSPS) is 22.7. The Bertz CT molecular complexity index is 55.2. The van der Waals surface area contributed by atoms with Crippen molar-refractivity contribution in [1.29, 1.82) is 0 Å². The lowest BCUT2D eigenvalue weighted by Gasteiger charge is -2.31. The van der Waals surface area contributed by atoms with Gasteiger partial charge in [0, 0.05) is 6.04 Å². The molecule has 0 bridgehead atoms. The van der Waals surface area contributed by atoms with E-state index in [2.05, 4.69) is 25.4 Å². The Balaban J connectivity index is 2.14. The quantitative estimate of drug-likeness (QED) is 0.471. The summed E-state index contributed by atoms with van der Waals surface area (Å²) in [6, 6.07) is 0.861. The van der Waals surface area contributed by atoms with Crippen molar-refractivity contribution >= 4 is 0 Å². The maximum absolute atomic E-state index is 2.32. The van der Waals surface area contributed by atoms with E-state index in [1.54, 1.807) is 0 Å². The second-order valence-corrected chi connectivity index (χ2v) is 2.38. The lowest BCUT2D eigenvalue weighted by molar-refractivity contribution is 0.240. The topological polar surface area (TPSA) is 3.24 Å². The molecule has 0 spiro atoms. The van der Waals surface area contributed by atoms with E-state index >= 15 is 0 Å². The molecule has 0 atom stereocenters. The molecule has 0 unspecified atom stereocenters. The highest BCUT2D eigenvalue weighted by atomic mass is 15.1. The van der Waals surface area contributed by atoms with Gasteiger partial charge in [-0.25, -0.2) is 0 Å². The van der Waals surface area contributed by atoms with Crippen molar-refractivity contribution in [1.82, 2.24) is 4.90 Å². The first-order valence-electron chi connectivity index (χ1n) is 2.79. The van der Waals surface area contributed by atoms with E-state index in [1.165, 1.54) is 12.8 Å². The predicted molar refractivity (Wildman–Crippen MR) is 31.0 cm³/mol. The first-order valence-corrected chi connectivity index (χ1v) is 2.79. The average Bonchev–Trinajstić information content (AvgIpc) is 1.23. The monoisotopic (exact) mass is 98.1 g/mol. The molecule has 0 amide bonds. The van der Waals surface area contributed by atoms with Crippen LogP contribution in [0.25, 0.3) is 0 Å². The van der Waals surface area contributed by atoms with Crippen molar-refractivity contribution in [3.8, 4) is 0 Å². The molecule has 1 heteroatoms. The van der Waals surface area contributed by atoms with Crippen molar-refractivity contribution in [2.45, 2.75) is 18.9 Å². The van der Waals surface area contributed by atoms with Crippen LogP contribution in [0.1, 0.15) is 12.8 Å². The standard InChI is InChI=1S/C6H12N/c1-7(2)6-4-3-5-6/h3,6H,4-5H2,1-2H3.